The quantitative estimate of drug-likeness (QED) is 0.366. The fourth-order valence-electron chi connectivity index (χ4n) is 2.47. The highest BCUT2D eigenvalue weighted by Gasteiger charge is 2.19. The van der Waals surface area contributed by atoms with Crippen LogP contribution in [0, 0.1) is 6.92 Å². The van der Waals surface area contributed by atoms with Crippen molar-refractivity contribution in [2.75, 3.05) is 4.72 Å². The Morgan fingerprint density at radius 1 is 1.16 bits per heavy atom. The van der Waals surface area contributed by atoms with E-state index in [9.17, 15) is 13.2 Å². The molecule has 3 aromatic rings. The number of nitrogens with two attached hydrogens (primary N) is 1. The number of hydrogen-bond acceptors (Lipinski definition) is 5. The summed E-state index contributed by atoms with van der Waals surface area (Å²) in [4.78, 5) is 12.0. The zero-order valence-corrected chi connectivity index (χ0v) is 14.6. The summed E-state index contributed by atoms with van der Waals surface area (Å²) in [5, 5.41) is 0.892. The number of hydrogen-bond donors (Lipinski definition) is 3. The fourth-order valence-corrected chi connectivity index (χ4v) is 3.64. The van der Waals surface area contributed by atoms with Crippen LogP contribution in [0.3, 0.4) is 0 Å². The van der Waals surface area contributed by atoms with Gasteiger partial charge in [0.05, 0.1) is 10.5 Å². The molecule has 130 valence electrons. The molecule has 1 heterocycles. The molecular weight excluding hydrogens is 366 g/mol. The zero-order valence-electron chi connectivity index (χ0n) is 13.0. The van der Waals surface area contributed by atoms with E-state index in [4.69, 9.17) is 21.9 Å². The van der Waals surface area contributed by atoms with Crippen molar-refractivity contribution in [1.29, 1.82) is 0 Å². The van der Waals surface area contributed by atoms with Crippen molar-refractivity contribution in [3.8, 4) is 0 Å². The largest absolute Gasteiger partial charge is 0.461 e. The highest BCUT2D eigenvalue weighted by molar-refractivity contribution is 7.92. The molecule has 4 N–H and O–H groups in total. The second-order valence-corrected chi connectivity index (χ2v) is 7.40. The van der Waals surface area contributed by atoms with E-state index in [1.54, 1.807) is 19.1 Å². The van der Waals surface area contributed by atoms with Gasteiger partial charge in [-0.2, -0.15) is 0 Å². The molecule has 0 aliphatic rings. The zero-order chi connectivity index (χ0) is 18.2. The number of nitrogen functional groups attached to an aromatic ring is 1. The van der Waals surface area contributed by atoms with Gasteiger partial charge in [-0.05, 0) is 49.4 Å². The number of furan rings is 1. The Morgan fingerprint density at radius 3 is 2.48 bits per heavy atom. The minimum Gasteiger partial charge on any atom is -0.461 e. The summed E-state index contributed by atoms with van der Waals surface area (Å²) >= 11 is 5.78. The van der Waals surface area contributed by atoms with E-state index in [2.05, 4.69) is 4.72 Å². The van der Waals surface area contributed by atoms with E-state index in [-0.39, 0.29) is 16.1 Å². The van der Waals surface area contributed by atoms with Crippen LogP contribution in [0.4, 0.5) is 5.69 Å². The van der Waals surface area contributed by atoms with Gasteiger partial charge in [0, 0.05) is 16.1 Å². The minimum atomic E-state index is -3.80. The van der Waals surface area contributed by atoms with Crippen LogP contribution in [0.25, 0.3) is 11.0 Å². The van der Waals surface area contributed by atoms with Gasteiger partial charge in [0.1, 0.15) is 11.3 Å². The Kier molecular flexibility index (Phi) is 4.42. The number of aryl methyl sites for hydroxylation is 1. The average molecular weight is 380 g/mol. The molecule has 0 aliphatic heterocycles. The molecule has 25 heavy (non-hydrogen) atoms. The van der Waals surface area contributed by atoms with Gasteiger partial charge in [0.25, 0.3) is 15.9 Å². The molecule has 3 rings (SSSR count). The number of halogens is 1. The van der Waals surface area contributed by atoms with Crippen molar-refractivity contribution >= 4 is 44.2 Å². The van der Waals surface area contributed by atoms with Gasteiger partial charge < -0.3 is 4.42 Å². The smallest absolute Gasteiger partial charge is 0.269 e. The maximum absolute atomic E-state index is 12.5. The van der Waals surface area contributed by atoms with Crippen LogP contribution in [0.5, 0.6) is 0 Å². The third kappa shape index (κ3) is 3.32. The van der Waals surface area contributed by atoms with Crippen LogP contribution in [0.15, 0.2) is 51.8 Å². The number of fused-ring (bicyclic) bond motifs is 1. The third-order valence-corrected chi connectivity index (χ3v) is 5.25. The van der Waals surface area contributed by atoms with E-state index >= 15 is 0 Å². The van der Waals surface area contributed by atoms with Crippen LogP contribution >= 0.6 is 11.6 Å². The van der Waals surface area contributed by atoms with E-state index in [1.165, 1.54) is 30.3 Å². The van der Waals surface area contributed by atoms with Crippen molar-refractivity contribution in [2.24, 2.45) is 5.84 Å². The summed E-state index contributed by atoms with van der Waals surface area (Å²) in [7, 11) is -3.80. The summed E-state index contributed by atoms with van der Waals surface area (Å²) in [6.07, 6.45) is 0. The van der Waals surface area contributed by atoms with Crippen LogP contribution in [-0.4, -0.2) is 14.3 Å². The molecule has 0 bridgehead atoms. The van der Waals surface area contributed by atoms with Crippen molar-refractivity contribution < 1.29 is 17.6 Å². The predicted molar refractivity (Wildman–Crippen MR) is 94.9 cm³/mol. The van der Waals surface area contributed by atoms with Crippen molar-refractivity contribution in [3.05, 3.63) is 58.8 Å². The van der Waals surface area contributed by atoms with Gasteiger partial charge >= 0.3 is 0 Å². The van der Waals surface area contributed by atoms with E-state index in [0.717, 1.165) is 0 Å². The van der Waals surface area contributed by atoms with Crippen LogP contribution in [-0.2, 0) is 10.0 Å². The van der Waals surface area contributed by atoms with Crippen molar-refractivity contribution in [2.45, 2.75) is 11.8 Å². The number of sulfonamides is 1. The number of amides is 1. The van der Waals surface area contributed by atoms with Gasteiger partial charge in [-0.15, -0.1) is 0 Å². The summed E-state index contributed by atoms with van der Waals surface area (Å²) < 4.78 is 32.9. The lowest BCUT2D eigenvalue weighted by Crippen LogP contribution is -2.30. The molecule has 2 aromatic carbocycles. The SMILES string of the molecule is Cc1oc2ccc(NS(=O)(=O)c3ccc(Cl)cc3)cc2c1C(=O)NN. The molecule has 9 heteroatoms. The molecule has 0 saturated heterocycles. The second kappa shape index (κ2) is 6.40. The molecule has 1 amide bonds. The lowest BCUT2D eigenvalue weighted by atomic mass is 10.1. The van der Waals surface area contributed by atoms with E-state index in [0.29, 0.717) is 21.8 Å². The average Bonchev–Trinajstić information content (AvgIpc) is 2.89. The summed E-state index contributed by atoms with van der Waals surface area (Å²) in [5.41, 5.74) is 3.04. The third-order valence-electron chi connectivity index (χ3n) is 3.60. The first-order valence-electron chi connectivity index (χ1n) is 7.14. The van der Waals surface area contributed by atoms with Crippen molar-refractivity contribution in [1.82, 2.24) is 5.43 Å². The molecular formula is C16H14ClN3O4S. The van der Waals surface area contributed by atoms with Gasteiger partial charge in [0.15, 0.2) is 0 Å². The molecule has 0 fully saturated rings. The number of nitrogens with one attached hydrogen (secondary N) is 2. The first-order valence-corrected chi connectivity index (χ1v) is 9.00. The Hall–Kier alpha value is -2.55. The first-order chi connectivity index (χ1) is 11.8. The first kappa shape index (κ1) is 17.3. The Balaban J connectivity index is 2.02. The highest BCUT2D eigenvalue weighted by Crippen LogP contribution is 2.29. The van der Waals surface area contributed by atoms with Gasteiger partial charge in [-0.25, -0.2) is 14.3 Å². The lowest BCUT2D eigenvalue weighted by molar-refractivity contribution is 0.0953. The maximum atomic E-state index is 12.5. The number of carbonyl (C=O) groups excluding carboxylic acids is 1. The molecule has 0 radical (unpaired) electrons. The predicted octanol–water partition coefficient (Wildman–Crippen LogP) is 2.80. The topological polar surface area (TPSA) is 114 Å². The number of hydrazine groups is 1. The van der Waals surface area contributed by atoms with Crippen molar-refractivity contribution in [3.63, 3.8) is 0 Å². The lowest BCUT2D eigenvalue weighted by Gasteiger charge is -2.08. The molecule has 0 unspecified atom stereocenters. The normalized spacial score (nSPS) is 11.5. The molecule has 1 aromatic heterocycles. The minimum absolute atomic E-state index is 0.0697. The second-order valence-electron chi connectivity index (χ2n) is 5.28. The number of benzene rings is 2. The van der Waals surface area contributed by atoms with Crippen LogP contribution in [0.2, 0.25) is 5.02 Å². The Bertz CT molecular complexity index is 1060. The summed E-state index contributed by atoms with van der Waals surface area (Å²) in [6, 6.07) is 10.4. The highest BCUT2D eigenvalue weighted by atomic mass is 35.5. The molecule has 0 aliphatic carbocycles. The van der Waals surface area contributed by atoms with Crippen LogP contribution in [0.1, 0.15) is 16.1 Å². The van der Waals surface area contributed by atoms with Crippen LogP contribution < -0.4 is 16.0 Å². The van der Waals surface area contributed by atoms with E-state index in [1.807, 2.05) is 5.43 Å². The van der Waals surface area contributed by atoms with Gasteiger partial charge in [-0.3, -0.25) is 14.9 Å². The summed E-state index contributed by atoms with van der Waals surface area (Å²) in [6.45, 7) is 1.63. The van der Waals surface area contributed by atoms with E-state index < -0.39 is 15.9 Å². The Morgan fingerprint density at radius 2 is 1.84 bits per heavy atom. The number of rotatable bonds is 4. The molecule has 0 saturated carbocycles. The molecule has 7 nitrogen and oxygen atoms in total. The molecule has 0 spiro atoms. The number of carbonyl (C=O) groups is 1. The van der Waals surface area contributed by atoms with Gasteiger partial charge in [0.2, 0.25) is 0 Å². The number of anilines is 1. The maximum Gasteiger partial charge on any atom is 0.269 e. The standard InChI is InChI=1S/C16H14ClN3O4S/c1-9-15(16(21)19-18)13-8-11(4-7-14(13)24-9)20-25(22,23)12-5-2-10(17)3-6-12/h2-8,20H,18H2,1H3,(H,19,21). The van der Waals surface area contributed by atoms with Gasteiger partial charge in [-0.1, -0.05) is 11.6 Å². The fraction of sp³-hybridized carbons (Fsp3) is 0.0625. The Labute approximate surface area is 148 Å². The molecule has 0 atom stereocenters. The monoisotopic (exact) mass is 379 g/mol. The summed E-state index contributed by atoms with van der Waals surface area (Å²) in [5.74, 6) is 5.05.